The topological polar surface area (TPSA) is 85.0 Å². The van der Waals surface area contributed by atoms with Crippen LogP contribution in [0.1, 0.15) is 43.2 Å². The number of nitrogens with zero attached hydrogens (tertiary/aromatic N) is 3. The van der Waals surface area contributed by atoms with Crippen molar-refractivity contribution < 1.29 is 31.8 Å². The quantitative estimate of drug-likeness (QED) is 0.112. The number of halogens is 4. The van der Waals surface area contributed by atoms with E-state index in [1.54, 1.807) is 43.3 Å². The Hall–Kier alpha value is -3.95. The summed E-state index contributed by atoms with van der Waals surface area (Å²) in [5.41, 5.74) is 1.75. The van der Waals surface area contributed by atoms with E-state index in [1.807, 2.05) is 18.7 Å². The molecule has 8 nitrogen and oxygen atoms in total. The van der Waals surface area contributed by atoms with Gasteiger partial charge in [0.1, 0.15) is 18.5 Å². The summed E-state index contributed by atoms with van der Waals surface area (Å²) >= 11 is 0. The number of ether oxygens (including phenoxy) is 2. The number of carbonyl (C=O) groups is 1. The van der Waals surface area contributed by atoms with Gasteiger partial charge >= 0.3 is 12.1 Å². The van der Waals surface area contributed by atoms with Crippen molar-refractivity contribution >= 4 is 28.2 Å². The highest BCUT2D eigenvalue weighted by molar-refractivity contribution is 5.94. The number of hydrazine groups is 1. The smallest absolute Gasteiger partial charge is 0.406 e. The van der Waals surface area contributed by atoms with Gasteiger partial charge in [-0.3, -0.25) is 4.90 Å². The molecule has 0 aliphatic carbocycles. The zero-order valence-corrected chi connectivity index (χ0v) is 24.7. The number of esters is 1. The Bertz CT molecular complexity index is 1490. The number of anilines is 2. The summed E-state index contributed by atoms with van der Waals surface area (Å²) < 4.78 is 67.6. The van der Waals surface area contributed by atoms with Crippen molar-refractivity contribution in [2.24, 2.45) is 5.84 Å². The van der Waals surface area contributed by atoms with Gasteiger partial charge in [-0.05, 0) is 69.5 Å². The first-order valence-electron chi connectivity index (χ1n) is 14.1. The highest BCUT2D eigenvalue weighted by atomic mass is 19.4. The standard InChI is InChI=1S/C31H37F4N5O3/c1-5-43-30(41)21-11-12-25(29(16-21)42-4)37-14-7-8-22-17-23-26(39(22)19-31(33,34)35)9-6-10-27(23)40(36)28-13-15-38(20(2)3)18-24(28)32/h6,9-12,16-17,20,24,28,37H,5,13-15,18-19,36H2,1-4H3/t24?,28-/m1/s1. The van der Waals surface area contributed by atoms with Crippen molar-refractivity contribution in [3.8, 4) is 17.6 Å². The second-order valence-electron chi connectivity index (χ2n) is 10.6. The summed E-state index contributed by atoms with van der Waals surface area (Å²) in [4.78, 5) is 14.1. The summed E-state index contributed by atoms with van der Waals surface area (Å²) in [7, 11) is 1.45. The zero-order valence-electron chi connectivity index (χ0n) is 24.7. The molecule has 2 aromatic carbocycles. The van der Waals surface area contributed by atoms with Crippen LogP contribution >= 0.6 is 0 Å². The number of benzene rings is 2. The van der Waals surface area contributed by atoms with Crippen LogP contribution in [0.25, 0.3) is 10.9 Å². The van der Waals surface area contributed by atoms with Crippen molar-refractivity contribution in [2.75, 3.05) is 43.7 Å². The second kappa shape index (κ2) is 13.6. The lowest BCUT2D eigenvalue weighted by Crippen LogP contribution is -2.56. The third kappa shape index (κ3) is 7.53. The molecule has 0 bridgehead atoms. The molecule has 1 aliphatic rings. The van der Waals surface area contributed by atoms with Gasteiger partial charge in [-0.25, -0.2) is 15.0 Å². The normalized spacial score (nSPS) is 17.4. The number of likely N-dealkylation sites (tertiary alicyclic amines) is 1. The van der Waals surface area contributed by atoms with E-state index < -0.39 is 30.9 Å². The van der Waals surface area contributed by atoms with E-state index in [4.69, 9.17) is 15.3 Å². The zero-order chi connectivity index (χ0) is 31.3. The molecule has 1 fully saturated rings. The van der Waals surface area contributed by atoms with Crippen molar-refractivity contribution in [2.45, 2.75) is 58.2 Å². The minimum absolute atomic E-state index is 0.0798. The maximum absolute atomic E-state index is 15.2. The van der Waals surface area contributed by atoms with Crippen LogP contribution in [0.5, 0.6) is 5.75 Å². The number of carbonyl (C=O) groups excluding carboxylic acids is 1. The van der Waals surface area contributed by atoms with E-state index in [0.717, 1.165) is 4.57 Å². The molecule has 12 heteroatoms. The number of fused-ring (bicyclic) bond motifs is 1. The summed E-state index contributed by atoms with van der Waals surface area (Å²) in [6.45, 7) is 5.70. The van der Waals surface area contributed by atoms with Gasteiger partial charge in [0.2, 0.25) is 0 Å². The summed E-state index contributed by atoms with van der Waals surface area (Å²) in [5.74, 6) is 12.1. The average molecular weight is 604 g/mol. The number of alkyl halides is 4. The highest BCUT2D eigenvalue weighted by Gasteiger charge is 2.35. The molecule has 2 atom stereocenters. The van der Waals surface area contributed by atoms with E-state index in [9.17, 15) is 18.0 Å². The molecule has 1 saturated heterocycles. The fourth-order valence-corrected chi connectivity index (χ4v) is 5.28. The van der Waals surface area contributed by atoms with Crippen LogP contribution in [0.3, 0.4) is 0 Å². The molecule has 0 spiro atoms. The number of hydrogen-bond acceptors (Lipinski definition) is 7. The molecule has 232 valence electrons. The van der Waals surface area contributed by atoms with Crippen LogP contribution in [0.2, 0.25) is 0 Å². The molecule has 3 N–H and O–H groups in total. The minimum Gasteiger partial charge on any atom is -0.495 e. The number of nitrogens with one attached hydrogen (secondary N) is 1. The molecule has 1 aliphatic heterocycles. The SMILES string of the molecule is CCOC(=O)c1ccc(NCC#Cc2cc3c(N(N)[C@@H]4CCN(C(C)C)CC4F)cccc3n2CC(F)(F)F)c(OC)c1. The Morgan fingerprint density at radius 2 is 2.00 bits per heavy atom. The maximum atomic E-state index is 15.2. The first-order valence-corrected chi connectivity index (χ1v) is 14.1. The van der Waals surface area contributed by atoms with Gasteiger partial charge in [-0.15, -0.1) is 0 Å². The number of hydrogen-bond donors (Lipinski definition) is 2. The predicted octanol–water partition coefficient (Wildman–Crippen LogP) is 5.35. The van der Waals surface area contributed by atoms with Crippen LogP contribution in [0.15, 0.2) is 42.5 Å². The van der Waals surface area contributed by atoms with E-state index in [0.29, 0.717) is 46.6 Å². The number of rotatable bonds is 9. The van der Waals surface area contributed by atoms with Gasteiger partial charge in [0.05, 0.1) is 54.5 Å². The molecular formula is C31H37F4N5O3. The molecule has 43 heavy (non-hydrogen) atoms. The molecule has 1 aromatic heterocycles. The lowest BCUT2D eigenvalue weighted by atomic mass is 10.00. The molecule has 0 saturated carbocycles. The summed E-state index contributed by atoms with van der Waals surface area (Å²) in [6, 6.07) is 10.8. The second-order valence-corrected chi connectivity index (χ2v) is 10.6. The van der Waals surface area contributed by atoms with Crippen LogP contribution in [0, 0.1) is 11.8 Å². The predicted molar refractivity (Wildman–Crippen MR) is 159 cm³/mol. The summed E-state index contributed by atoms with van der Waals surface area (Å²) in [5, 5.41) is 4.88. The highest BCUT2D eigenvalue weighted by Crippen LogP contribution is 2.34. The van der Waals surface area contributed by atoms with Gasteiger partial charge in [0.25, 0.3) is 0 Å². The molecular weight excluding hydrogens is 566 g/mol. The summed E-state index contributed by atoms with van der Waals surface area (Å²) in [6.07, 6.45) is -5.24. The van der Waals surface area contributed by atoms with Crippen molar-refractivity contribution in [1.29, 1.82) is 0 Å². The van der Waals surface area contributed by atoms with Crippen LogP contribution < -0.4 is 20.9 Å². The van der Waals surface area contributed by atoms with Gasteiger partial charge in [-0.1, -0.05) is 12.0 Å². The average Bonchev–Trinajstić information content (AvgIpc) is 3.30. The first kappa shape index (κ1) is 32.0. The van der Waals surface area contributed by atoms with Crippen LogP contribution in [-0.2, 0) is 11.3 Å². The van der Waals surface area contributed by atoms with Gasteiger partial charge in [-0.2, -0.15) is 13.2 Å². The van der Waals surface area contributed by atoms with Crippen molar-refractivity contribution in [1.82, 2.24) is 9.47 Å². The molecule has 2 heterocycles. The van der Waals surface area contributed by atoms with E-state index in [-0.39, 0.29) is 31.4 Å². The maximum Gasteiger partial charge on any atom is 0.406 e. The van der Waals surface area contributed by atoms with Gasteiger partial charge < -0.3 is 24.4 Å². The van der Waals surface area contributed by atoms with E-state index >= 15 is 4.39 Å². The fraction of sp³-hybridized carbons (Fsp3) is 0.452. The van der Waals surface area contributed by atoms with Gasteiger partial charge in [0.15, 0.2) is 0 Å². The Kier molecular flexibility index (Phi) is 10.1. The fourth-order valence-electron chi connectivity index (χ4n) is 5.28. The molecule has 0 radical (unpaired) electrons. The lowest BCUT2D eigenvalue weighted by molar-refractivity contribution is -0.140. The van der Waals surface area contributed by atoms with Crippen LogP contribution in [-0.4, -0.2) is 73.2 Å². The van der Waals surface area contributed by atoms with Gasteiger partial charge in [0, 0.05) is 24.5 Å². The number of methoxy groups -OCH3 is 1. The van der Waals surface area contributed by atoms with Crippen molar-refractivity contribution in [3.63, 3.8) is 0 Å². The number of nitrogens with two attached hydrogens (primary N) is 1. The van der Waals surface area contributed by atoms with E-state index in [1.165, 1.54) is 18.2 Å². The van der Waals surface area contributed by atoms with Crippen molar-refractivity contribution in [3.05, 3.63) is 53.7 Å². The first-order chi connectivity index (χ1) is 20.4. The third-order valence-corrected chi connectivity index (χ3v) is 7.46. The number of aromatic nitrogens is 1. The van der Waals surface area contributed by atoms with Crippen LogP contribution in [0.4, 0.5) is 28.9 Å². The molecule has 3 aromatic rings. The monoisotopic (exact) mass is 603 g/mol. The number of piperidine rings is 1. The van der Waals surface area contributed by atoms with E-state index in [2.05, 4.69) is 17.2 Å². The lowest BCUT2D eigenvalue weighted by Gasteiger charge is -2.41. The Morgan fingerprint density at radius 3 is 2.65 bits per heavy atom. The molecule has 4 rings (SSSR count). The Balaban J connectivity index is 1.60. The Labute approximate surface area is 248 Å². The molecule has 0 amide bonds. The third-order valence-electron chi connectivity index (χ3n) is 7.46. The minimum atomic E-state index is -4.50. The molecule has 1 unspecified atom stereocenters. The Morgan fingerprint density at radius 1 is 1.23 bits per heavy atom. The largest absolute Gasteiger partial charge is 0.495 e.